The van der Waals surface area contributed by atoms with Crippen molar-refractivity contribution >= 4 is 21.6 Å². The molecule has 2 N–H and O–H groups in total. The molecule has 0 saturated heterocycles. The van der Waals surface area contributed by atoms with Gasteiger partial charge in [-0.25, -0.2) is 17.5 Å². The standard InChI is InChI=1S/C17H20ClFN2O2S/c1-17(2,15-9-8-13(19)12-16(15)18)20-10-11-21-24(22,23)14-6-4-3-5-7-14/h3-9,12,20-21H,10-11H2,1-2H3. The number of rotatable bonds is 7. The first-order valence-corrected chi connectivity index (χ1v) is 9.34. The second-order valence-corrected chi connectivity index (χ2v) is 8.06. The first-order chi connectivity index (χ1) is 11.2. The van der Waals surface area contributed by atoms with Crippen LogP contribution in [0.3, 0.4) is 0 Å². The Kier molecular flexibility index (Phi) is 5.98. The Morgan fingerprint density at radius 2 is 1.75 bits per heavy atom. The van der Waals surface area contributed by atoms with Crippen LogP contribution in [0.25, 0.3) is 0 Å². The number of halogens is 2. The van der Waals surface area contributed by atoms with Gasteiger partial charge in [-0.2, -0.15) is 0 Å². The van der Waals surface area contributed by atoms with Crippen LogP contribution in [-0.2, 0) is 15.6 Å². The van der Waals surface area contributed by atoms with Crippen molar-refractivity contribution in [2.45, 2.75) is 24.3 Å². The quantitative estimate of drug-likeness (QED) is 0.735. The van der Waals surface area contributed by atoms with Gasteiger partial charge in [0.2, 0.25) is 10.0 Å². The molecule has 0 bridgehead atoms. The lowest BCUT2D eigenvalue weighted by Crippen LogP contribution is -2.41. The molecule has 0 aromatic heterocycles. The zero-order valence-corrected chi connectivity index (χ0v) is 15.1. The van der Waals surface area contributed by atoms with Crippen molar-refractivity contribution in [3.05, 3.63) is 64.9 Å². The predicted molar refractivity (Wildman–Crippen MR) is 94.1 cm³/mol. The van der Waals surface area contributed by atoms with Crippen molar-refractivity contribution < 1.29 is 12.8 Å². The van der Waals surface area contributed by atoms with E-state index in [1.54, 1.807) is 24.3 Å². The molecule has 0 fully saturated rings. The Morgan fingerprint density at radius 1 is 1.08 bits per heavy atom. The number of nitrogens with one attached hydrogen (secondary N) is 2. The van der Waals surface area contributed by atoms with Gasteiger partial charge in [0.1, 0.15) is 5.82 Å². The van der Waals surface area contributed by atoms with Gasteiger partial charge in [0.25, 0.3) is 0 Å². The summed E-state index contributed by atoms with van der Waals surface area (Å²) in [6.07, 6.45) is 0. The van der Waals surface area contributed by atoms with Gasteiger partial charge in [-0.15, -0.1) is 0 Å². The summed E-state index contributed by atoms with van der Waals surface area (Å²) in [6, 6.07) is 12.4. The van der Waals surface area contributed by atoms with Crippen LogP contribution in [-0.4, -0.2) is 21.5 Å². The predicted octanol–water partition coefficient (Wildman–Crippen LogP) is 3.28. The third-order valence-electron chi connectivity index (χ3n) is 3.64. The lowest BCUT2D eigenvalue weighted by Gasteiger charge is -2.28. The highest BCUT2D eigenvalue weighted by Gasteiger charge is 2.23. The Morgan fingerprint density at radius 3 is 2.38 bits per heavy atom. The molecular formula is C17H20ClFN2O2S. The molecule has 0 aliphatic carbocycles. The number of sulfonamides is 1. The van der Waals surface area contributed by atoms with E-state index in [1.165, 1.54) is 24.3 Å². The third-order valence-corrected chi connectivity index (χ3v) is 5.43. The van der Waals surface area contributed by atoms with E-state index in [4.69, 9.17) is 11.6 Å². The zero-order valence-electron chi connectivity index (χ0n) is 13.5. The summed E-state index contributed by atoms with van der Waals surface area (Å²) in [5, 5.41) is 3.56. The molecule has 2 rings (SSSR count). The second-order valence-electron chi connectivity index (χ2n) is 5.89. The summed E-state index contributed by atoms with van der Waals surface area (Å²) >= 11 is 6.09. The Labute approximate surface area is 147 Å². The SMILES string of the molecule is CC(C)(NCCNS(=O)(=O)c1ccccc1)c1ccc(F)cc1Cl. The van der Waals surface area contributed by atoms with Gasteiger partial charge in [0.05, 0.1) is 4.90 Å². The van der Waals surface area contributed by atoms with E-state index in [0.29, 0.717) is 11.6 Å². The van der Waals surface area contributed by atoms with Crippen LogP contribution in [0.15, 0.2) is 53.4 Å². The highest BCUT2D eigenvalue weighted by Crippen LogP contribution is 2.28. The van der Waals surface area contributed by atoms with E-state index < -0.39 is 21.4 Å². The van der Waals surface area contributed by atoms with Crippen molar-refractivity contribution in [2.75, 3.05) is 13.1 Å². The molecule has 0 heterocycles. The number of hydrogen-bond acceptors (Lipinski definition) is 3. The van der Waals surface area contributed by atoms with Crippen molar-refractivity contribution in [3.63, 3.8) is 0 Å². The summed E-state index contributed by atoms with van der Waals surface area (Å²) in [5.74, 6) is -0.393. The van der Waals surface area contributed by atoms with Crippen LogP contribution in [0, 0.1) is 5.82 Å². The van der Waals surface area contributed by atoms with Crippen molar-refractivity contribution in [2.24, 2.45) is 0 Å². The van der Waals surface area contributed by atoms with Crippen molar-refractivity contribution in [3.8, 4) is 0 Å². The molecule has 0 spiro atoms. The molecule has 2 aromatic rings. The highest BCUT2D eigenvalue weighted by atomic mass is 35.5. The average Bonchev–Trinajstić information content (AvgIpc) is 2.52. The first-order valence-electron chi connectivity index (χ1n) is 7.48. The molecule has 0 aliphatic rings. The minimum atomic E-state index is -3.52. The summed E-state index contributed by atoms with van der Waals surface area (Å²) in [7, 11) is -3.52. The van der Waals surface area contributed by atoms with Gasteiger partial charge < -0.3 is 5.32 Å². The Hall–Kier alpha value is -1.47. The fourth-order valence-electron chi connectivity index (χ4n) is 2.33. The molecule has 0 amide bonds. The monoisotopic (exact) mass is 370 g/mol. The van der Waals surface area contributed by atoms with Gasteiger partial charge in [-0.05, 0) is 43.7 Å². The summed E-state index contributed by atoms with van der Waals surface area (Å²) in [6.45, 7) is 4.42. The van der Waals surface area contributed by atoms with Crippen LogP contribution in [0.5, 0.6) is 0 Å². The maximum absolute atomic E-state index is 13.2. The smallest absolute Gasteiger partial charge is 0.240 e. The van der Waals surface area contributed by atoms with Gasteiger partial charge in [-0.1, -0.05) is 35.9 Å². The molecule has 0 saturated carbocycles. The van der Waals surface area contributed by atoms with Crippen LogP contribution in [0.2, 0.25) is 5.02 Å². The first kappa shape index (κ1) is 18.9. The molecule has 4 nitrogen and oxygen atoms in total. The van der Waals surface area contributed by atoms with Crippen LogP contribution < -0.4 is 10.0 Å². The van der Waals surface area contributed by atoms with Gasteiger partial charge >= 0.3 is 0 Å². The van der Waals surface area contributed by atoms with E-state index in [9.17, 15) is 12.8 Å². The van der Waals surface area contributed by atoms with Gasteiger partial charge in [-0.3, -0.25) is 0 Å². The van der Waals surface area contributed by atoms with Gasteiger partial charge in [0, 0.05) is 23.7 Å². The highest BCUT2D eigenvalue weighted by molar-refractivity contribution is 7.89. The van der Waals surface area contributed by atoms with E-state index in [-0.39, 0.29) is 11.4 Å². The van der Waals surface area contributed by atoms with E-state index >= 15 is 0 Å². The average molecular weight is 371 g/mol. The Balaban J connectivity index is 1.94. The topological polar surface area (TPSA) is 58.2 Å². The van der Waals surface area contributed by atoms with E-state index in [0.717, 1.165) is 5.56 Å². The maximum atomic E-state index is 13.2. The van der Waals surface area contributed by atoms with Crippen LogP contribution in [0.1, 0.15) is 19.4 Å². The normalized spacial score (nSPS) is 12.3. The summed E-state index contributed by atoms with van der Waals surface area (Å²) < 4.78 is 39.9. The number of hydrogen-bond donors (Lipinski definition) is 2. The Bertz CT molecular complexity index is 795. The molecular weight excluding hydrogens is 351 g/mol. The van der Waals surface area contributed by atoms with E-state index in [2.05, 4.69) is 10.0 Å². The van der Waals surface area contributed by atoms with Crippen LogP contribution >= 0.6 is 11.6 Å². The molecule has 130 valence electrons. The third kappa shape index (κ3) is 4.77. The molecule has 0 aliphatic heterocycles. The molecule has 7 heteroatoms. The lowest BCUT2D eigenvalue weighted by molar-refractivity contribution is 0.405. The molecule has 0 atom stereocenters. The molecule has 0 radical (unpaired) electrons. The minimum Gasteiger partial charge on any atom is -0.306 e. The van der Waals surface area contributed by atoms with Gasteiger partial charge in [0.15, 0.2) is 0 Å². The molecule has 24 heavy (non-hydrogen) atoms. The van der Waals surface area contributed by atoms with Crippen molar-refractivity contribution in [1.29, 1.82) is 0 Å². The largest absolute Gasteiger partial charge is 0.306 e. The summed E-state index contributed by atoms with van der Waals surface area (Å²) in [5.41, 5.74) is 0.222. The minimum absolute atomic E-state index is 0.222. The van der Waals surface area contributed by atoms with E-state index in [1.807, 2.05) is 13.8 Å². The fourth-order valence-corrected chi connectivity index (χ4v) is 3.79. The lowest BCUT2D eigenvalue weighted by atomic mass is 9.94. The molecule has 0 unspecified atom stereocenters. The van der Waals surface area contributed by atoms with Crippen molar-refractivity contribution in [1.82, 2.24) is 10.0 Å². The summed E-state index contributed by atoms with van der Waals surface area (Å²) in [4.78, 5) is 0.228. The molecule has 2 aromatic carbocycles. The fraction of sp³-hybridized carbons (Fsp3) is 0.294. The maximum Gasteiger partial charge on any atom is 0.240 e. The van der Waals surface area contributed by atoms with Crippen LogP contribution in [0.4, 0.5) is 4.39 Å². The second kappa shape index (κ2) is 7.61. The number of benzene rings is 2. The zero-order chi connectivity index (χ0) is 17.8.